The first-order chi connectivity index (χ1) is 17.5. The van der Waals surface area contributed by atoms with Crippen molar-refractivity contribution >= 4 is 22.6 Å². The van der Waals surface area contributed by atoms with Crippen molar-refractivity contribution in [1.29, 1.82) is 0 Å². The first kappa shape index (κ1) is 23.5. The number of aromatic amines is 1. The Morgan fingerprint density at radius 2 is 2.14 bits per heavy atom. The fourth-order valence-electron chi connectivity index (χ4n) is 4.58. The Bertz CT molecular complexity index is 1440. The average molecular weight is 486 g/mol. The maximum atomic E-state index is 12.2. The molecule has 1 atom stereocenters. The first-order valence-corrected chi connectivity index (χ1v) is 11.9. The van der Waals surface area contributed by atoms with E-state index in [9.17, 15) is 9.59 Å². The molecule has 4 aromatic rings. The topological polar surface area (TPSA) is 123 Å². The number of nitrogens with zero attached hydrogens (tertiary/aromatic N) is 3. The SMILES string of the molecule is COc1cc2nc(C)ccc2cc1-c1cnc(C2(CC=CCCC(=O)c3ccon3)CCC(=O)N2)[nH]1. The van der Waals surface area contributed by atoms with Crippen LogP contribution in [0, 0.1) is 6.92 Å². The summed E-state index contributed by atoms with van der Waals surface area (Å²) in [6, 6.07) is 9.53. The van der Waals surface area contributed by atoms with Gasteiger partial charge in [0.2, 0.25) is 5.91 Å². The van der Waals surface area contributed by atoms with E-state index in [0.717, 1.165) is 27.9 Å². The lowest BCUT2D eigenvalue weighted by atomic mass is 9.92. The van der Waals surface area contributed by atoms with E-state index in [1.54, 1.807) is 19.4 Å². The van der Waals surface area contributed by atoms with Gasteiger partial charge in [-0.25, -0.2) is 4.98 Å². The van der Waals surface area contributed by atoms with Crippen LogP contribution in [0.15, 0.2) is 59.5 Å². The number of hydrogen-bond donors (Lipinski definition) is 2. The molecular weight excluding hydrogens is 458 g/mol. The second kappa shape index (κ2) is 9.77. The van der Waals surface area contributed by atoms with Crippen LogP contribution in [-0.2, 0) is 10.3 Å². The van der Waals surface area contributed by atoms with Crippen molar-refractivity contribution in [3.05, 3.63) is 72.2 Å². The van der Waals surface area contributed by atoms with Crippen molar-refractivity contribution in [2.75, 3.05) is 7.11 Å². The van der Waals surface area contributed by atoms with Crippen molar-refractivity contribution in [1.82, 2.24) is 25.4 Å². The number of amides is 1. The van der Waals surface area contributed by atoms with Gasteiger partial charge < -0.3 is 19.6 Å². The number of aromatic nitrogens is 4. The van der Waals surface area contributed by atoms with Crippen LogP contribution in [0.1, 0.15) is 54.1 Å². The number of ketones is 1. The van der Waals surface area contributed by atoms with Crippen molar-refractivity contribution in [2.24, 2.45) is 0 Å². The van der Waals surface area contributed by atoms with Crippen molar-refractivity contribution in [3.8, 4) is 17.0 Å². The number of Topliss-reactive ketones (excluding diaryl/α,β-unsaturated/α-hetero) is 1. The minimum atomic E-state index is -0.634. The molecule has 0 bridgehead atoms. The largest absolute Gasteiger partial charge is 0.496 e. The summed E-state index contributed by atoms with van der Waals surface area (Å²) in [4.78, 5) is 37.0. The zero-order valence-electron chi connectivity index (χ0n) is 20.2. The predicted molar refractivity (Wildman–Crippen MR) is 133 cm³/mol. The Morgan fingerprint density at radius 1 is 1.25 bits per heavy atom. The predicted octanol–water partition coefficient (Wildman–Crippen LogP) is 4.64. The number of H-pyrrole nitrogens is 1. The van der Waals surface area contributed by atoms with E-state index in [1.807, 2.05) is 43.3 Å². The number of pyridine rings is 1. The van der Waals surface area contributed by atoms with Gasteiger partial charge in [-0.2, -0.15) is 0 Å². The summed E-state index contributed by atoms with van der Waals surface area (Å²) in [7, 11) is 1.63. The van der Waals surface area contributed by atoms with Gasteiger partial charge in [0.25, 0.3) is 0 Å². The summed E-state index contributed by atoms with van der Waals surface area (Å²) in [6.45, 7) is 1.96. The van der Waals surface area contributed by atoms with Gasteiger partial charge in [0.15, 0.2) is 5.78 Å². The fourth-order valence-corrected chi connectivity index (χ4v) is 4.58. The number of nitrogens with one attached hydrogen (secondary N) is 2. The molecule has 9 nitrogen and oxygen atoms in total. The highest BCUT2D eigenvalue weighted by atomic mass is 16.5. The Morgan fingerprint density at radius 3 is 2.89 bits per heavy atom. The molecule has 1 aromatic carbocycles. The summed E-state index contributed by atoms with van der Waals surface area (Å²) >= 11 is 0. The van der Waals surface area contributed by atoms with Gasteiger partial charge in [-0.1, -0.05) is 23.4 Å². The molecule has 1 amide bonds. The van der Waals surface area contributed by atoms with Gasteiger partial charge >= 0.3 is 0 Å². The van der Waals surface area contributed by atoms with Crippen LogP contribution in [0.3, 0.4) is 0 Å². The molecule has 1 fully saturated rings. The fraction of sp³-hybridized carbons (Fsp3) is 0.296. The molecule has 3 aromatic heterocycles. The Kier molecular flexibility index (Phi) is 6.37. The summed E-state index contributed by atoms with van der Waals surface area (Å²) in [5.74, 6) is 1.31. The highest BCUT2D eigenvalue weighted by molar-refractivity contribution is 5.94. The van der Waals surface area contributed by atoms with E-state index < -0.39 is 5.54 Å². The number of benzene rings is 1. The number of fused-ring (bicyclic) bond motifs is 1. The monoisotopic (exact) mass is 485 g/mol. The molecule has 0 aliphatic carbocycles. The van der Waals surface area contributed by atoms with Gasteiger partial charge in [-0.3, -0.25) is 14.6 Å². The maximum absolute atomic E-state index is 12.2. The standard InChI is InChI=1S/C27H27N5O4/c1-17-7-8-18-14-19(24(35-2)15-21(18)29-17)22-16-28-26(30-22)27(12-9-25(34)31-27)11-5-3-4-6-23(33)20-10-13-36-32-20/h3,5,7-8,10,13-16H,4,6,9,11-12H2,1-2H3,(H,28,30)(H,31,34). The van der Waals surface area contributed by atoms with Crippen LogP contribution in [0.4, 0.5) is 0 Å². The van der Waals surface area contributed by atoms with Crippen LogP contribution in [0.25, 0.3) is 22.2 Å². The smallest absolute Gasteiger partial charge is 0.220 e. The summed E-state index contributed by atoms with van der Waals surface area (Å²) in [5, 5.41) is 7.80. The molecule has 1 saturated heterocycles. The van der Waals surface area contributed by atoms with E-state index in [2.05, 4.69) is 25.4 Å². The molecule has 1 unspecified atom stereocenters. The van der Waals surface area contributed by atoms with E-state index >= 15 is 0 Å². The minimum absolute atomic E-state index is 0.00714. The highest BCUT2D eigenvalue weighted by Gasteiger charge is 2.41. The van der Waals surface area contributed by atoms with Gasteiger partial charge in [-0.15, -0.1) is 0 Å². The van der Waals surface area contributed by atoms with Crippen LogP contribution < -0.4 is 10.1 Å². The van der Waals surface area contributed by atoms with Crippen LogP contribution in [0.2, 0.25) is 0 Å². The van der Waals surface area contributed by atoms with Gasteiger partial charge in [-0.05, 0) is 38.3 Å². The minimum Gasteiger partial charge on any atom is -0.496 e. The molecule has 0 spiro atoms. The Labute approximate surface area is 208 Å². The number of rotatable bonds is 9. The van der Waals surface area contributed by atoms with Crippen LogP contribution in [0.5, 0.6) is 5.75 Å². The summed E-state index contributed by atoms with van der Waals surface area (Å²) < 4.78 is 10.4. The van der Waals surface area contributed by atoms with E-state index in [1.165, 1.54) is 6.26 Å². The number of ether oxygens (including phenoxy) is 1. The van der Waals surface area contributed by atoms with Gasteiger partial charge in [0.05, 0.1) is 24.5 Å². The zero-order chi connectivity index (χ0) is 25.1. The van der Waals surface area contributed by atoms with Crippen LogP contribution >= 0.6 is 0 Å². The molecular formula is C27H27N5O4. The molecule has 0 radical (unpaired) electrons. The highest BCUT2D eigenvalue weighted by Crippen LogP contribution is 2.37. The molecule has 1 aliphatic rings. The number of methoxy groups -OCH3 is 1. The van der Waals surface area contributed by atoms with Gasteiger partial charge in [0, 0.05) is 41.6 Å². The number of carbonyl (C=O) groups is 2. The second-order valence-corrected chi connectivity index (χ2v) is 9.00. The van der Waals surface area contributed by atoms with Crippen molar-refractivity contribution in [3.63, 3.8) is 0 Å². The van der Waals surface area contributed by atoms with E-state index in [0.29, 0.717) is 49.4 Å². The summed E-state index contributed by atoms with van der Waals surface area (Å²) in [5.41, 5.74) is 3.17. The van der Waals surface area contributed by atoms with Crippen LogP contribution in [-0.4, -0.2) is 38.9 Å². The molecule has 1 aliphatic heterocycles. The number of hydrogen-bond acceptors (Lipinski definition) is 7. The lowest BCUT2D eigenvalue weighted by molar-refractivity contribution is -0.119. The quantitative estimate of drug-likeness (QED) is 0.261. The van der Waals surface area contributed by atoms with Gasteiger partial charge in [0.1, 0.15) is 29.1 Å². The van der Waals surface area contributed by atoms with E-state index in [-0.39, 0.29) is 11.7 Å². The molecule has 5 rings (SSSR count). The van der Waals surface area contributed by atoms with E-state index in [4.69, 9.17) is 9.26 Å². The lowest BCUT2D eigenvalue weighted by Gasteiger charge is -2.25. The number of carbonyl (C=O) groups excluding carboxylic acids is 2. The third kappa shape index (κ3) is 4.64. The normalized spacial score (nSPS) is 17.7. The molecule has 4 heterocycles. The molecule has 0 saturated carbocycles. The van der Waals surface area contributed by atoms with Crippen molar-refractivity contribution in [2.45, 2.75) is 44.6 Å². The third-order valence-electron chi connectivity index (χ3n) is 6.52. The third-order valence-corrected chi connectivity index (χ3v) is 6.52. The molecule has 184 valence electrons. The first-order valence-electron chi connectivity index (χ1n) is 11.9. The average Bonchev–Trinajstić information content (AvgIpc) is 3.64. The number of allylic oxidation sites excluding steroid dienone is 1. The Hall–Kier alpha value is -4.27. The second-order valence-electron chi connectivity index (χ2n) is 9.00. The molecule has 9 heteroatoms. The number of imidazole rings is 1. The lowest BCUT2D eigenvalue weighted by Crippen LogP contribution is -2.39. The molecule has 36 heavy (non-hydrogen) atoms. The zero-order valence-corrected chi connectivity index (χ0v) is 20.2. The molecule has 2 N–H and O–H groups in total. The summed E-state index contributed by atoms with van der Waals surface area (Å²) in [6.07, 6.45) is 9.62. The number of aryl methyl sites for hydroxylation is 1. The Balaban J connectivity index is 1.36. The maximum Gasteiger partial charge on any atom is 0.220 e. The van der Waals surface area contributed by atoms with Crippen molar-refractivity contribution < 1.29 is 18.8 Å².